The summed E-state index contributed by atoms with van der Waals surface area (Å²) < 4.78 is 12.9. The Balaban J connectivity index is 1.77. The van der Waals surface area contributed by atoms with Gasteiger partial charge in [-0.1, -0.05) is 35.3 Å². The standard InChI is InChI=1S/C17H14Cl2FN5/c18-11-3-6-13(19)14(7-11)25-17-15(21)16(23-9-24-17)22-8-10-1-4-12(20)5-2-10/h1-7,9H,8,21H2,(H2,22,23,24,25). The van der Waals surface area contributed by atoms with Crippen LogP contribution in [0.5, 0.6) is 0 Å². The molecule has 0 fully saturated rings. The summed E-state index contributed by atoms with van der Waals surface area (Å²) in [7, 11) is 0. The molecule has 0 aliphatic heterocycles. The molecule has 0 saturated heterocycles. The highest BCUT2D eigenvalue weighted by atomic mass is 35.5. The molecule has 3 rings (SSSR count). The van der Waals surface area contributed by atoms with E-state index in [2.05, 4.69) is 20.6 Å². The van der Waals surface area contributed by atoms with Crippen molar-refractivity contribution in [3.05, 3.63) is 70.2 Å². The maximum atomic E-state index is 12.9. The highest BCUT2D eigenvalue weighted by Crippen LogP contribution is 2.31. The molecule has 1 heterocycles. The second-order valence-corrected chi connectivity index (χ2v) is 6.06. The lowest BCUT2D eigenvalue weighted by Crippen LogP contribution is -2.08. The van der Waals surface area contributed by atoms with Gasteiger partial charge in [0.25, 0.3) is 0 Å². The first-order chi connectivity index (χ1) is 12.0. The molecule has 0 bridgehead atoms. The van der Waals surface area contributed by atoms with Crippen LogP contribution >= 0.6 is 23.2 Å². The first-order valence-corrected chi connectivity index (χ1v) is 8.09. The molecule has 0 radical (unpaired) electrons. The molecular formula is C17H14Cl2FN5. The van der Waals surface area contributed by atoms with E-state index in [4.69, 9.17) is 28.9 Å². The van der Waals surface area contributed by atoms with Crippen molar-refractivity contribution in [2.75, 3.05) is 16.4 Å². The van der Waals surface area contributed by atoms with Gasteiger partial charge in [-0.25, -0.2) is 14.4 Å². The fourth-order valence-electron chi connectivity index (χ4n) is 2.14. The summed E-state index contributed by atoms with van der Waals surface area (Å²) in [6.07, 6.45) is 1.38. The van der Waals surface area contributed by atoms with E-state index in [0.29, 0.717) is 39.6 Å². The number of aromatic nitrogens is 2. The van der Waals surface area contributed by atoms with Gasteiger partial charge >= 0.3 is 0 Å². The SMILES string of the molecule is Nc1c(NCc2ccc(F)cc2)ncnc1Nc1cc(Cl)ccc1Cl. The van der Waals surface area contributed by atoms with Crippen molar-refractivity contribution in [3.8, 4) is 0 Å². The molecule has 3 aromatic rings. The number of nitrogen functional groups attached to an aromatic ring is 1. The Morgan fingerprint density at radius 1 is 1.00 bits per heavy atom. The van der Waals surface area contributed by atoms with Gasteiger partial charge in [0.2, 0.25) is 0 Å². The maximum Gasteiger partial charge on any atom is 0.159 e. The molecule has 0 aliphatic rings. The van der Waals surface area contributed by atoms with Crippen molar-refractivity contribution < 1.29 is 4.39 Å². The molecule has 0 aliphatic carbocycles. The minimum atomic E-state index is -0.282. The number of nitrogens with two attached hydrogens (primary N) is 1. The number of halogens is 3. The molecule has 0 amide bonds. The fourth-order valence-corrected chi connectivity index (χ4v) is 2.48. The smallest absolute Gasteiger partial charge is 0.159 e. The van der Waals surface area contributed by atoms with Gasteiger partial charge in [-0.05, 0) is 35.9 Å². The minimum absolute atomic E-state index is 0.282. The van der Waals surface area contributed by atoms with Gasteiger partial charge in [-0.2, -0.15) is 0 Å². The Bertz CT molecular complexity index is 887. The van der Waals surface area contributed by atoms with Crippen LogP contribution in [0.1, 0.15) is 5.56 Å². The molecule has 128 valence electrons. The van der Waals surface area contributed by atoms with Crippen molar-refractivity contribution in [2.24, 2.45) is 0 Å². The van der Waals surface area contributed by atoms with Crippen molar-refractivity contribution in [2.45, 2.75) is 6.54 Å². The number of hydrogen-bond donors (Lipinski definition) is 3. The van der Waals surface area contributed by atoms with E-state index in [0.717, 1.165) is 5.56 Å². The molecule has 4 N–H and O–H groups in total. The monoisotopic (exact) mass is 377 g/mol. The summed E-state index contributed by atoms with van der Waals surface area (Å²) >= 11 is 12.1. The maximum absolute atomic E-state index is 12.9. The molecule has 8 heteroatoms. The third-order valence-corrected chi connectivity index (χ3v) is 4.00. The molecule has 2 aromatic carbocycles. The Labute approximate surface area is 154 Å². The summed E-state index contributed by atoms with van der Waals surface area (Å²) in [6.45, 7) is 0.443. The van der Waals surface area contributed by atoms with Gasteiger partial charge in [-0.3, -0.25) is 0 Å². The molecule has 0 atom stereocenters. The Hall–Kier alpha value is -2.57. The first kappa shape index (κ1) is 17.3. The van der Waals surface area contributed by atoms with E-state index < -0.39 is 0 Å². The number of hydrogen-bond acceptors (Lipinski definition) is 5. The molecule has 1 aromatic heterocycles. The summed E-state index contributed by atoms with van der Waals surface area (Å²) in [5.41, 5.74) is 7.94. The Morgan fingerprint density at radius 3 is 2.48 bits per heavy atom. The molecule has 0 saturated carbocycles. The van der Waals surface area contributed by atoms with Crippen molar-refractivity contribution in [1.82, 2.24) is 9.97 Å². The largest absolute Gasteiger partial charge is 0.393 e. The number of nitrogens with one attached hydrogen (secondary N) is 2. The van der Waals surface area contributed by atoms with Crippen LogP contribution in [0.25, 0.3) is 0 Å². The number of anilines is 4. The highest BCUT2D eigenvalue weighted by molar-refractivity contribution is 6.35. The van der Waals surface area contributed by atoms with Crippen molar-refractivity contribution >= 4 is 46.2 Å². The van der Waals surface area contributed by atoms with Crippen LogP contribution in [0.3, 0.4) is 0 Å². The fraction of sp³-hybridized carbons (Fsp3) is 0.0588. The Morgan fingerprint density at radius 2 is 1.72 bits per heavy atom. The van der Waals surface area contributed by atoms with E-state index in [-0.39, 0.29) is 5.82 Å². The zero-order chi connectivity index (χ0) is 17.8. The lowest BCUT2D eigenvalue weighted by Gasteiger charge is -2.13. The molecular weight excluding hydrogens is 364 g/mol. The van der Waals surface area contributed by atoms with Gasteiger partial charge in [-0.15, -0.1) is 0 Å². The Kier molecular flexibility index (Phi) is 5.21. The summed E-state index contributed by atoms with van der Waals surface area (Å²) in [4.78, 5) is 8.27. The van der Waals surface area contributed by atoms with Crippen LogP contribution in [0, 0.1) is 5.82 Å². The predicted octanol–water partition coefficient (Wildman–Crippen LogP) is 4.86. The van der Waals surface area contributed by atoms with Gasteiger partial charge in [0.1, 0.15) is 17.8 Å². The average Bonchev–Trinajstić information content (AvgIpc) is 2.60. The van der Waals surface area contributed by atoms with Crippen molar-refractivity contribution in [3.63, 3.8) is 0 Å². The van der Waals surface area contributed by atoms with Crippen molar-refractivity contribution in [1.29, 1.82) is 0 Å². The van der Waals surface area contributed by atoms with Crippen LogP contribution in [0.2, 0.25) is 10.0 Å². The van der Waals surface area contributed by atoms with E-state index in [1.54, 1.807) is 30.3 Å². The highest BCUT2D eigenvalue weighted by Gasteiger charge is 2.10. The second kappa shape index (κ2) is 7.55. The lowest BCUT2D eigenvalue weighted by molar-refractivity contribution is 0.627. The summed E-state index contributed by atoms with van der Waals surface area (Å²) in [5, 5.41) is 7.17. The van der Waals surface area contributed by atoms with Gasteiger partial charge < -0.3 is 16.4 Å². The van der Waals surface area contributed by atoms with Gasteiger partial charge in [0.15, 0.2) is 11.6 Å². The topological polar surface area (TPSA) is 75.9 Å². The predicted molar refractivity (Wildman–Crippen MR) is 99.9 cm³/mol. The number of nitrogens with zero attached hydrogens (tertiary/aromatic N) is 2. The normalized spacial score (nSPS) is 10.5. The zero-order valence-corrected chi connectivity index (χ0v) is 14.4. The average molecular weight is 378 g/mol. The van der Waals surface area contributed by atoms with E-state index >= 15 is 0 Å². The third kappa shape index (κ3) is 4.29. The van der Waals surface area contributed by atoms with E-state index in [1.165, 1.54) is 18.5 Å². The minimum Gasteiger partial charge on any atom is -0.393 e. The summed E-state index contributed by atoms with van der Waals surface area (Å²) in [6, 6.07) is 11.2. The van der Waals surface area contributed by atoms with E-state index in [1.807, 2.05) is 0 Å². The van der Waals surface area contributed by atoms with Crippen LogP contribution < -0.4 is 16.4 Å². The molecule has 0 spiro atoms. The number of benzene rings is 2. The van der Waals surface area contributed by atoms with Gasteiger partial charge in [0, 0.05) is 11.6 Å². The molecule has 5 nitrogen and oxygen atoms in total. The second-order valence-electron chi connectivity index (χ2n) is 5.21. The summed E-state index contributed by atoms with van der Waals surface area (Å²) in [5.74, 6) is 0.580. The molecule has 0 unspecified atom stereocenters. The van der Waals surface area contributed by atoms with Crippen LogP contribution in [0.15, 0.2) is 48.8 Å². The zero-order valence-electron chi connectivity index (χ0n) is 12.9. The number of rotatable bonds is 5. The molecule has 25 heavy (non-hydrogen) atoms. The quantitative estimate of drug-likeness (QED) is 0.591. The first-order valence-electron chi connectivity index (χ1n) is 7.34. The third-order valence-electron chi connectivity index (χ3n) is 3.44. The van der Waals surface area contributed by atoms with Crippen LogP contribution in [-0.4, -0.2) is 9.97 Å². The van der Waals surface area contributed by atoms with Gasteiger partial charge in [0.05, 0.1) is 10.7 Å². The van der Waals surface area contributed by atoms with Crippen LogP contribution in [0.4, 0.5) is 27.4 Å². The van der Waals surface area contributed by atoms with E-state index in [9.17, 15) is 4.39 Å². The lowest BCUT2D eigenvalue weighted by atomic mass is 10.2. The van der Waals surface area contributed by atoms with Crippen LogP contribution in [-0.2, 0) is 6.54 Å².